The van der Waals surface area contributed by atoms with Gasteiger partial charge in [0.05, 0.1) is 12.2 Å². The molecule has 0 radical (unpaired) electrons. The first-order valence-electron chi connectivity index (χ1n) is 11.2. The fraction of sp³-hybridized carbons (Fsp3) is 0.500. The zero-order valence-corrected chi connectivity index (χ0v) is 18.3. The summed E-state index contributed by atoms with van der Waals surface area (Å²) < 4.78 is 11.3. The molecule has 0 bridgehead atoms. The number of ether oxygens (including phenoxy) is 2. The van der Waals surface area contributed by atoms with Crippen LogP contribution in [0.3, 0.4) is 0 Å². The molecule has 0 saturated heterocycles. The predicted octanol–water partition coefficient (Wildman–Crippen LogP) is 7.23. The maximum atomic E-state index is 12.4. The van der Waals surface area contributed by atoms with Crippen LogP contribution < -0.4 is 9.47 Å². The van der Waals surface area contributed by atoms with E-state index in [9.17, 15) is 4.79 Å². The lowest BCUT2D eigenvalue weighted by Crippen LogP contribution is -2.08. The summed E-state index contributed by atoms with van der Waals surface area (Å²) >= 11 is 0. The van der Waals surface area contributed by atoms with Gasteiger partial charge in [0.2, 0.25) is 0 Å². The van der Waals surface area contributed by atoms with Crippen LogP contribution >= 0.6 is 0 Å². The van der Waals surface area contributed by atoms with Crippen molar-refractivity contribution in [2.24, 2.45) is 5.92 Å². The second-order valence-corrected chi connectivity index (χ2v) is 7.89. The van der Waals surface area contributed by atoms with Crippen LogP contribution in [0.2, 0.25) is 0 Å². The highest BCUT2D eigenvalue weighted by Gasteiger charge is 2.09. The molecule has 158 valence electrons. The number of rotatable bonds is 13. The molecule has 1 atom stereocenters. The monoisotopic (exact) mass is 396 g/mol. The van der Waals surface area contributed by atoms with Gasteiger partial charge in [-0.1, -0.05) is 71.4 Å². The number of benzene rings is 2. The van der Waals surface area contributed by atoms with Gasteiger partial charge in [0.1, 0.15) is 11.5 Å². The van der Waals surface area contributed by atoms with Gasteiger partial charge in [-0.05, 0) is 60.7 Å². The summed E-state index contributed by atoms with van der Waals surface area (Å²) in [6.45, 7) is 7.40. The largest absolute Gasteiger partial charge is 0.494 e. The summed E-state index contributed by atoms with van der Waals surface area (Å²) in [6.07, 6.45) is 9.67. The van der Waals surface area contributed by atoms with Crippen molar-refractivity contribution in [3.8, 4) is 11.5 Å². The van der Waals surface area contributed by atoms with Crippen LogP contribution in [-0.4, -0.2) is 12.6 Å². The second kappa shape index (κ2) is 13.0. The highest BCUT2D eigenvalue weighted by molar-refractivity contribution is 5.91. The topological polar surface area (TPSA) is 35.5 Å². The Morgan fingerprint density at radius 1 is 0.828 bits per heavy atom. The van der Waals surface area contributed by atoms with Crippen molar-refractivity contribution < 1.29 is 14.3 Å². The van der Waals surface area contributed by atoms with E-state index in [-0.39, 0.29) is 5.97 Å². The first kappa shape index (κ1) is 23.0. The van der Waals surface area contributed by atoms with Crippen molar-refractivity contribution in [2.45, 2.75) is 72.1 Å². The number of hydrogen-bond donors (Lipinski definition) is 0. The van der Waals surface area contributed by atoms with E-state index in [0.717, 1.165) is 31.6 Å². The Morgan fingerprint density at radius 3 is 2.10 bits per heavy atom. The van der Waals surface area contributed by atoms with Crippen molar-refractivity contribution in [1.29, 1.82) is 0 Å². The van der Waals surface area contributed by atoms with Crippen LogP contribution in [-0.2, 0) is 6.42 Å². The average Bonchev–Trinajstić information content (AvgIpc) is 2.74. The summed E-state index contributed by atoms with van der Waals surface area (Å²) in [7, 11) is 0. The Hall–Kier alpha value is -2.29. The molecule has 0 amide bonds. The van der Waals surface area contributed by atoms with Gasteiger partial charge in [0.25, 0.3) is 0 Å². The Kier molecular flexibility index (Phi) is 10.3. The third kappa shape index (κ3) is 8.72. The summed E-state index contributed by atoms with van der Waals surface area (Å²) in [5.41, 5.74) is 1.80. The summed E-state index contributed by atoms with van der Waals surface area (Å²) in [5.74, 6) is 1.68. The molecule has 0 aliphatic carbocycles. The van der Waals surface area contributed by atoms with Gasteiger partial charge in [0, 0.05) is 0 Å². The molecule has 2 aromatic rings. The minimum absolute atomic E-state index is 0.345. The van der Waals surface area contributed by atoms with Crippen molar-refractivity contribution >= 4 is 5.97 Å². The third-order valence-electron chi connectivity index (χ3n) is 5.27. The van der Waals surface area contributed by atoms with Gasteiger partial charge >= 0.3 is 5.97 Å². The van der Waals surface area contributed by atoms with Gasteiger partial charge in [0.15, 0.2) is 0 Å². The SMILES string of the molecule is CCCCCCCCOc1ccc(C(=O)Oc2ccc(C[C@H](C)CC)cc2)cc1. The van der Waals surface area contributed by atoms with Crippen molar-refractivity contribution in [2.75, 3.05) is 6.61 Å². The van der Waals surface area contributed by atoms with Crippen LogP contribution in [0.4, 0.5) is 0 Å². The second-order valence-electron chi connectivity index (χ2n) is 7.89. The zero-order chi connectivity index (χ0) is 20.9. The molecule has 0 spiro atoms. The van der Waals surface area contributed by atoms with E-state index < -0.39 is 0 Å². The van der Waals surface area contributed by atoms with Gasteiger partial charge in [-0.25, -0.2) is 4.79 Å². The molecule has 0 aromatic heterocycles. The van der Waals surface area contributed by atoms with Crippen molar-refractivity contribution in [1.82, 2.24) is 0 Å². The lowest BCUT2D eigenvalue weighted by atomic mass is 9.99. The van der Waals surface area contributed by atoms with E-state index in [1.165, 1.54) is 37.7 Å². The minimum Gasteiger partial charge on any atom is -0.494 e. The average molecular weight is 397 g/mol. The lowest BCUT2D eigenvalue weighted by molar-refractivity contribution is 0.0734. The molecule has 0 aliphatic heterocycles. The fourth-order valence-corrected chi connectivity index (χ4v) is 3.17. The standard InChI is InChI=1S/C26H36O3/c1-4-6-7-8-9-10-19-28-24-17-13-23(14-18-24)26(27)29-25-15-11-22(12-16-25)20-21(3)5-2/h11-18,21H,4-10,19-20H2,1-3H3/t21-/m1/s1. The van der Waals surface area contributed by atoms with Gasteiger partial charge < -0.3 is 9.47 Å². The van der Waals surface area contributed by atoms with Crippen molar-refractivity contribution in [3.63, 3.8) is 0 Å². The van der Waals surface area contributed by atoms with Crippen LogP contribution in [0, 0.1) is 5.92 Å². The Morgan fingerprint density at radius 2 is 1.45 bits per heavy atom. The van der Waals surface area contributed by atoms with E-state index in [2.05, 4.69) is 20.8 Å². The Bertz CT molecular complexity index is 704. The molecule has 0 unspecified atom stereocenters. The molecule has 0 aliphatic rings. The van der Waals surface area contributed by atoms with Gasteiger partial charge in [-0.2, -0.15) is 0 Å². The Balaban J connectivity index is 1.75. The Labute approximate surface area is 176 Å². The minimum atomic E-state index is -0.345. The maximum absolute atomic E-state index is 12.4. The molecule has 29 heavy (non-hydrogen) atoms. The lowest BCUT2D eigenvalue weighted by Gasteiger charge is -2.10. The van der Waals surface area contributed by atoms with E-state index in [1.54, 1.807) is 12.1 Å². The predicted molar refractivity (Wildman–Crippen MR) is 120 cm³/mol. The number of unbranched alkanes of at least 4 members (excludes halogenated alkanes) is 5. The molecule has 0 N–H and O–H groups in total. The molecule has 2 rings (SSSR count). The number of carbonyl (C=O) groups is 1. The van der Waals surface area contributed by atoms with E-state index in [0.29, 0.717) is 17.2 Å². The van der Waals surface area contributed by atoms with Crippen molar-refractivity contribution in [3.05, 3.63) is 59.7 Å². The summed E-state index contributed by atoms with van der Waals surface area (Å²) in [5, 5.41) is 0. The van der Waals surface area contributed by atoms with Gasteiger partial charge in [-0.15, -0.1) is 0 Å². The highest BCUT2D eigenvalue weighted by atomic mass is 16.5. The van der Waals surface area contributed by atoms with Crippen LogP contribution in [0.25, 0.3) is 0 Å². The first-order chi connectivity index (χ1) is 14.1. The van der Waals surface area contributed by atoms with Crippen LogP contribution in [0.5, 0.6) is 11.5 Å². The van der Waals surface area contributed by atoms with Crippen LogP contribution in [0.15, 0.2) is 48.5 Å². The smallest absolute Gasteiger partial charge is 0.343 e. The fourth-order valence-electron chi connectivity index (χ4n) is 3.17. The number of hydrogen-bond acceptors (Lipinski definition) is 3. The zero-order valence-electron chi connectivity index (χ0n) is 18.3. The summed E-state index contributed by atoms with van der Waals surface area (Å²) in [4.78, 5) is 12.4. The molecule has 3 nitrogen and oxygen atoms in total. The first-order valence-corrected chi connectivity index (χ1v) is 11.2. The normalized spacial score (nSPS) is 11.8. The third-order valence-corrected chi connectivity index (χ3v) is 5.27. The number of esters is 1. The molecule has 3 heteroatoms. The quantitative estimate of drug-likeness (QED) is 0.203. The van der Waals surface area contributed by atoms with Crippen LogP contribution in [0.1, 0.15) is 81.6 Å². The summed E-state index contributed by atoms with van der Waals surface area (Å²) in [6, 6.07) is 15.0. The maximum Gasteiger partial charge on any atom is 0.343 e. The molecule has 0 heterocycles. The van der Waals surface area contributed by atoms with E-state index in [1.807, 2.05) is 36.4 Å². The van der Waals surface area contributed by atoms with E-state index in [4.69, 9.17) is 9.47 Å². The molecule has 0 saturated carbocycles. The van der Waals surface area contributed by atoms with E-state index >= 15 is 0 Å². The molecular formula is C26H36O3. The molecular weight excluding hydrogens is 360 g/mol. The highest BCUT2D eigenvalue weighted by Crippen LogP contribution is 2.19. The molecule has 2 aromatic carbocycles. The number of carbonyl (C=O) groups excluding carboxylic acids is 1. The molecule has 0 fully saturated rings. The van der Waals surface area contributed by atoms with Gasteiger partial charge in [-0.3, -0.25) is 0 Å².